The number of ether oxygens (including phenoxy) is 1. The molecule has 3 atom stereocenters. The highest BCUT2D eigenvalue weighted by atomic mass is 16.5. The highest BCUT2D eigenvalue weighted by Crippen LogP contribution is 2.41. The number of amides is 2. The summed E-state index contributed by atoms with van der Waals surface area (Å²) in [6.07, 6.45) is 4.43. The van der Waals surface area contributed by atoms with Gasteiger partial charge in [0.1, 0.15) is 40.5 Å². The van der Waals surface area contributed by atoms with E-state index in [1.807, 2.05) is 41.3 Å². The fraction of sp³-hybridized carbons (Fsp3) is 0.371. The van der Waals surface area contributed by atoms with E-state index in [1.165, 1.54) is 12.8 Å². The third-order valence-electron chi connectivity index (χ3n) is 11.0. The molecule has 2 aromatic carbocycles. The van der Waals surface area contributed by atoms with E-state index >= 15 is 0 Å². The topological polar surface area (TPSA) is 120 Å². The zero-order valence-corrected chi connectivity index (χ0v) is 27.9. The van der Waals surface area contributed by atoms with E-state index in [4.69, 9.17) is 20.4 Å². The van der Waals surface area contributed by atoms with Gasteiger partial charge in [-0.05, 0) is 84.7 Å². The molecule has 0 spiro atoms. The van der Waals surface area contributed by atoms with Gasteiger partial charge in [0.15, 0.2) is 5.82 Å². The number of methoxy groups -OCH3 is 1. The smallest absolute Gasteiger partial charge is 0.254 e. The average Bonchev–Trinajstić information content (AvgIpc) is 3.33. The number of imidazole rings is 1. The molecule has 1 saturated heterocycles. The zero-order chi connectivity index (χ0) is 33.1. The highest BCUT2D eigenvalue weighted by molar-refractivity contribution is 6.57. The summed E-state index contributed by atoms with van der Waals surface area (Å²) in [7, 11) is 8.18. The fourth-order valence-electron chi connectivity index (χ4n) is 8.31. The molecule has 2 amide bonds. The van der Waals surface area contributed by atoms with Crippen LogP contribution < -0.4 is 15.8 Å². The van der Waals surface area contributed by atoms with Crippen molar-refractivity contribution >= 4 is 57.4 Å². The number of rotatable bonds is 7. The van der Waals surface area contributed by atoms with Gasteiger partial charge in [-0.15, -0.1) is 0 Å². The van der Waals surface area contributed by atoms with Crippen molar-refractivity contribution in [2.24, 2.45) is 17.6 Å². The van der Waals surface area contributed by atoms with E-state index in [-0.39, 0.29) is 29.1 Å². The third kappa shape index (κ3) is 4.53. The number of hydrogen-bond donors (Lipinski definition) is 2. The number of aromatic nitrogens is 4. The van der Waals surface area contributed by atoms with Crippen LogP contribution in [0.15, 0.2) is 48.5 Å². The lowest BCUT2D eigenvalue weighted by molar-refractivity contribution is 0.0700. The lowest BCUT2D eigenvalue weighted by Crippen LogP contribution is -2.41. The summed E-state index contributed by atoms with van der Waals surface area (Å²) >= 11 is 0. The molecule has 0 radical (unpaired) electrons. The van der Waals surface area contributed by atoms with Crippen molar-refractivity contribution < 1.29 is 14.3 Å². The largest absolute Gasteiger partial charge is 0.494 e. The van der Waals surface area contributed by atoms with Gasteiger partial charge >= 0.3 is 0 Å². The van der Waals surface area contributed by atoms with Crippen LogP contribution in [0.25, 0.3) is 44.8 Å². The first-order valence-corrected chi connectivity index (χ1v) is 17.2. The average molecular weight is 637 g/mol. The minimum atomic E-state index is -0.353. The summed E-state index contributed by atoms with van der Waals surface area (Å²) in [5.41, 5.74) is 14.0. The SMILES string of the molecule is BC(B)(B)n1c(-c2cc3ccc(-c4ccc5c(c4)C(=O)NC5)nc3n2CC2CC2)nc2cc(C(=O)N3CC4CCC3[C@@H]4N)cc(OC)c21. The summed E-state index contributed by atoms with van der Waals surface area (Å²) in [6, 6.07) is 16.3. The lowest BCUT2D eigenvalue weighted by atomic mass is 9.49. The van der Waals surface area contributed by atoms with Crippen LogP contribution >= 0.6 is 0 Å². The van der Waals surface area contributed by atoms with Crippen LogP contribution in [0.1, 0.15) is 52.0 Å². The van der Waals surface area contributed by atoms with Crippen molar-refractivity contribution in [1.82, 2.24) is 29.3 Å². The maximum absolute atomic E-state index is 13.9. The van der Waals surface area contributed by atoms with Gasteiger partial charge in [-0.3, -0.25) is 9.59 Å². The van der Waals surface area contributed by atoms with Gasteiger partial charge in [-0.2, -0.15) is 0 Å². The molecule has 9 rings (SSSR count). The van der Waals surface area contributed by atoms with Crippen LogP contribution in [0.3, 0.4) is 0 Å². The molecule has 5 aromatic rings. The molecule has 3 N–H and O–H groups in total. The highest BCUT2D eigenvalue weighted by Gasteiger charge is 2.47. The number of nitrogens with zero attached hydrogens (tertiary/aromatic N) is 5. The lowest BCUT2D eigenvalue weighted by Gasteiger charge is -2.28. The first kappa shape index (κ1) is 29.6. The molecule has 3 fully saturated rings. The normalized spacial score (nSPS) is 21.8. The molecule has 2 aliphatic heterocycles. The monoisotopic (exact) mass is 637 g/mol. The molecule has 5 heterocycles. The molecule has 48 heavy (non-hydrogen) atoms. The van der Waals surface area contributed by atoms with E-state index in [0.717, 1.165) is 69.8 Å². The van der Waals surface area contributed by atoms with Gasteiger partial charge in [0.25, 0.3) is 11.8 Å². The van der Waals surface area contributed by atoms with Crippen molar-refractivity contribution in [3.8, 4) is 28.5 Å². The molecule has 4 aliphatic rings. The predicted molar refractivity (Wildman–Crippen MR) is 193 cm³/mol. The number of carbonyl (C=O) groups excluding carboxylic acids is 2. The van der Waals surface area contributed by atoms with Crippen molar-refractivity contribution in [3.05, 3.63) is 65.2 Å². The van der Waals surface area contributed by atoms with E-state index < -0.39 is 0 Å². The molecular weight excluding hydrogens is 599 g/mol. The summed E-state index contributed by atoms with van der Waals surface area (Å²) in [4.78, 5) is 38.8. The van der Waals surface area contributed by atoms with Crippen LogP contribution in [0, 0.1) is 11.8 Å². The Labute approximate surface area is 281 Å². The van der Waals surface area contributed by atoms with Crippen molar-refractivity contribution in [3.63, 3.8) is 0 Å². The zero-order valence-electron chi connectivity index (χ0n) is 27.9. The van der Waals surface area contributed by atoms with Crippen molar-refractivity contribution in [2.45, 2.75) is 56.1 Å². The minimum absolute atomic E-state index is 0.00618. The van der Waals surface area contributed by atoms with Crippen LogP contribution in [0.4, 0.5) is 0 Å². The van der Waals surface area contributed by atoms with Crippen molar-refractivity contribution in [2.75, 3.05) is 13.7 Å². The number of piperidine rings is 1. The summed E-state index contributed by atoms with van der Waals surface area (Å²) < 4.78 is 10.6. The molecule has 3 aromatic heterocycles. The molecule has 13 heteroatoms. The number of benzene rings is 2. The molecule has 10 nitrogen and oxygen atoms in total. The van der Waals surface area contributed by atoms with E-state index in [0.29, 0.717) is 41.8 Å². The number of fused-ring (bicyclic) bond motifs is 5. The van der Waals surface area contributed by atoms with E-state index in [1.54, 1.807) is 7.11 Å². The Morgan fingerprint density at radius 1 is 1.06 bits per heavy atom. The van der Waals surface area contributed by atoms with Gasteiger partial charge in [0.05, 0.1) is 24.0 Å². The van der Waals surface area contributed by atoms with Gasteiger partial charge in [0.2, 0.25) is 0 Å². The van der Waals surface area contributed by atoms with Crippen LogP contribution in [-0.4, -0.2) is 85.1 Å². The predicted octanol–water partition coefficient (Wildman–Crippen LogP) is 1.41. The van der Waals surface area contributed by atoms with Gasteiger partial charge in [-0.1, -0.05) is 12.1 Å². The van der Waals surface area contributed by atoms with Crippen LogP contribution in [0.2, 0.25) is 0 Å². The summed E-state index contributed by atoms with van der Waals surface area (Å²) in [5, 5.41) is 3.59. The molecule has 240 valence electrons. The number of nitrogens with one attached hydrogen (secondary N) is 1. The Balaban J connectivity index is 1.20. The van der Waals surface area contributed by atoms with Crippen molar-refractivity contribution in [1.29, 1.82) is 0 Å². The molecule has 2 unspecified atom stereocenters. The fourth-order valence-corrected chi connectivity index (χ4v) is 8.31. The first-order chi connectivity index (χ1) is 23.1. The number of pyridine rings is 1. The maximum Gasteiger partial charge on any atom is 0.254 e. The summed E-state index contributed by atoms with van der Waals surface area (Å²) in [6.45, 7) is 2.12. The standard InChI is InChI=1S/C35H38B3N7O3/c1-48-28-13-22(34(47)44-16-21-7-9-26(44)29(21)39)11-25-30(28)45(35(36,37)38)32(42-25)27-12-19-6-8-24(41-31(19)43(27)15-17-2-3-17)18-4-5-20-14-40-33(46)23(20)10-18/h4-6,8,10-13,17,21,26,29H,2-3,7,9,14-16,36-39H2,1H3,(H,40,46)/t21?,26?,29-/m1/s1. The van der Waals surface area contributed by atoms with Gasteiger partial charge in [0, 0.05) is 53.8 Å². The Bertz CT molecular complexity index is 2180. The second-order valence-electron chi connectivity index (χ2n) is 15.2. The number of nitrogens with two attached hydrogens (primary N) is 1. The Morgan fingerprint density at radius 2 is 1.90 bits per heavy atom. The second kappa shape index (κ2) is 10.5. The second-order valence-corrected chi connectivity index (χ2v) is 15.2. The number of carbonyl (C=O) groups is 2. The molecular formula is C35H38B3N7O3. The van der Waals surface area contributed by atoms with Crippen LogP contribution in [-0.2, 0) is 18.3 Å². The van der Waals surface area contributed by atoms with Crippen LogP contribution in [0.5, 0.6) is 5.75 Å². The van der Waals surface area contributed by atoms with Gasteiger partial charge in [-0.25, -0.2) is 9.97 Å². The maximum atomic E-state index is 13.9. The third-order valence-corrected chi connectivity index (χ3v) is 11.0. The van der Waals surface area contributed by atoms with E-state index in [2.05, 4.69) is 50.1 Å². The number of hydrogen-bond acceptors (Lipinski definition) is 6. The number of likely N-dealkylation sites (tertiary alicyclic amines) is 1. The molecule has 2 saturated carbocycles. The van der Waals surface area contributed by atoms with Gasteiger partial charge < -0.3 is 29.8 Å². The Kier molecular flexibility index (Phi) is 6.48. The summed E-state index contributed by atoms with van der Waals surface area (Å²) in [5.74, 6) is 2.36. The Hall–Kier alpha value is -4.51. The minimum Gasteiger partial charge on any atom is -0.494 e. The quantitative estimate of drug-likeness (QED) is 0.261. The molecule has 2 aliphatic carbocycles. The Morgan fingerprint density at radius 3 is 2.60 bits per heavy atom. The molecule has 2 bridgehead atoms. The first-order valence-electron chi connectivity index (χ1n) is 17.2. The van der Waals surface area contributed by atoms with E-state index in [9.17, 15) is 9.59 Å².